The summed E-state index contributed by atoms with van der Waals surface area (Å²) in [5, 5.41) is 0. The molecule has 21 heavy (non-hydrogen) atoms. The standard InChI is InChI=1S/C14H19BrN2O4/c1-3-4-16-8-10(15)7-11(16)13(18)17-5-6-21-9-12(17)14(19)20-2/h7-8,12H,3-6,9H2,1-2H3. The minimum absolute atomic E-state index is 0.173. The third-order valence-electron chi connectivity index (χ3n) is 3.41. The second-order valence-corrected chi connectivity index (χ2v) is 5.77. The van der Waals surface area contributed by atoms with Crippen LogP contribution < -0.4 is 0 Å². The van der Waals surface area contributed by atoms with E-state index in [1.165, 1.54) is 12.0 Å². The van der Waals surface area contributed by atoms with E-state index in [4.69, 9.17) is 9.47 Å². The normalized spacial score (nSPS) is 18.6. The summed E-state index contributed by atoms with van der Waals surface area (Å²) in [6.07, 6.45) is 2.80. The Bertz CT molecular complexity index is 529. The molecule has 7 heteroatoms. The topological polar surface area (TPSA) is 60.8 Å². The maximum absolute atomic E-state index is 12.8. The number of esters is 1. The molecule has 0 aromatic carbocycles. The summed E-state index contributed by atoms with van der Waals surface area (Å²) >= 11 is 3.40. The van der Waals surface area contributed by atoms with E-state index in [0.29, 0.717) is 18.8 Å². The largest absolute Gasteiger partial charge is 0.467 e. The fourth-order valence-corrected chi connectivity index (χ4v) is 2.87. The number of rotatable bonds is 4. The fraction of sp³-hybridized carbons (Fsp3) is 0.571. The Hall–Kier alpha value is -1.34. The highest BCUT2D eigenvalue weighted by molar-refractivity contribution is 9.10. The van der Waals surface area contributed by atoms with Crippen LogP contribution in [0.2, 0.25) is 0 Å². The Labute approximate surface area is 132 Å². The molecular formula is C14H19BrN2O4. The summed E-state index contributed by atoms with van der Waals surface area (Å²) in [5.74, 6) is -0.622. The van der Waals surface area contributed by atoms with E-state index < -0.39 is 12.0 Å². The fourth-order valence-electron chi connectivity index (χ4n) is 2.40. The number of morpholine rings is 1. The number of hydrogen-bond acceptors (Lipinski definition) is 4. The molecule has 1 aromatic rings. The lowest BCUT2D eigenvalue weighted by atomic mass is 10.2. The highest BCUT2D eigenvalue weighted by atomic mass is 79.9. The van der Waals surface area contributed by atoms with Crippen LogP contribution in [0, 0.1) is 0 Å². The Morgan fingerprint density at radius 1 is 1.52 bits per heavy atom. The maximum atomic E-state index is 12.8. The molecule has 1 aliphatic rings. The van der Waals surface area contributed by atoms with Gasteiger partial charge in [0.1, 0.15) is 5.69 Å². The third kappa shape index (κ3) is 3.47. The van der Waals surface area contributed by atoms with Crippen molar-refractivity contribution >= 4 is 27.8 Å². The van der Waals surface area contributed by atoms with Crippen LogP contribution in [-0.4, -0.2) is 54.3 Å². The van der Waals surface area contributed by atoms with Gasteiger partial charge in [-0.3, -0.25) is 4.79 Å². The van der Waals surface area contributed by atoms with Gasteiger partial charge in [0.25, 0.3) is 5.91 Å². The molecule has 0 saturated carbocycles. The number of hydrogen-bond donors (Lipinski definition) is 0. The van der Waals surface area contributed by atoms with Gasteiger partial charge in [-0.15, -0.1) is 0 Å². The predicted octanol–water partition coefficient (Wildman–Crippen LogP) is 1.67. The molecular weight excluding hydrogens is 340 g/mol. The highest BCUT2D eigenvalue weighted by Gasteiger charge is 2.35. The van der Waals surface area contributed by atoms with Crippen LogP contribution in [0.1, 0.15) is 23.8 Å². The van der Waals surface area contributed by atoms with Crippen molar-refractivity contribution in [2.45, 2.75) is 25.9 Å². The van der Waals surface area contributed by atoms with Crippen molar-refractivity contribution in [3.8, 4) is 0 Å². The molecule has 2 rings (SSSR count). The van der Waals surface area contributed by atoms with Crippen LogP contribution in [0.25, 0.3) is 0 Å². The number of aromatic nitrogens is 1. The number of halogens is 1. The van der Waals surface area contributed by atoms with Crippen molar-refractivity contribution in [1.29, 1.82) is 0 Å². The average molecular weight is 359 g/mol. The second-order valence-electron chi connectivity index (χ2n) is 4.85. The summed E-state index contributed by atoms with van der Waals surface area (Å²) in [6, 6.07) is 1.10. The summed E-state index contributed by atoms with van der Waals surface area (Å²) in [7, 11) is 1.32. The minimum Gasteiger partial charge on any atom is -0.467 e. The van der Waals surface area contributed by atoms with Crippen molar-refractivity contribution in [3.05, 3.63) is 22.4 Å². The number of amides is 1. The maximum Gasteiger partial charge on any atom is 0.331 e. The van der Waals surface area contributed by atoms with Crippen molar-refractivity contribution in [2.24, 2.45) is 0 Å². The molecule has 0 aliphatic carbocycles. The van der Waals surface area contributed by atoms with Crippen LogP contribution in [0.4, 0.5) is 0 Å². The first-order chi connectivity index (χ1) is 10.1. The van der Waals surface area contributed by atoms with Crippen LogP contribution in [0.3, 0.4) is 0 Å². The number of methoxy groups -OCH3 is 1. The van der Waals surface area contributed by atoms with Gasteiger partial charge in [-0.05, 0) is 28.4 Å². The van der Waals surface area contributed by atoms with Crippen LogP contribution in [0.15, 0.2) is 16.7 Å². The number of ether oxygens (including phenoxy) is 2. The average Bonchev–Trinajstić information content (AvgIpc) is 2.87. The Morgan fingerprint density at radius 2 is 2.29 bits per heavy atom. The number of carbonyl (C=O) groups is 2. The smallest absolute Gasteiger partial charge is 0.331 e. The van der Waals surface area contributed by atoms with E-state index in [9.17, 15) is 9.59 Å². The molecule has 1 aliphatic heterocycles. The molecule has 1 amide bonds. The zero-order valence-electron chi connectivity index (χ0n) is 12.2. The van der Waals surface area contributed by atoms with Gasteiger partial charge < -0.3 is 18.9 Å². The van der Waals surface area contributed by atoms with Gasteiger partial charge in [0.15, 0.2) is 6.04 Å². The number of nitrogens with zero attached hydrogens (tertiary/aromatic N) is 2. The number of aryl methyl sites for hydroxylation is 1. The van der Waals surface area contributed by atoms with E-state index in [0.717, 1.165) is 17.4 Å². The Kier molecular flexibility index (Phi) is 5.41. The summed E-state index contributed by atoms with van der Waals surface area (Å²) in [6.45, 7) is 3.78. The van der Waals surface area contributed by atoms with E-state index in [1.807, 2.05) is 17.7 Å². The summed E-state index contributed by atoms with van der Waals surface area (Å²) in [5.41, 5.74) is 0.569. The van der Waals surface area contributed by atoms with Crippen molar-refractivity contribution in [2.75, 3.05) is 26.9 Å². The zero-order valence-corrected chi connectivity index (χ0v) is 13.8. The van der Waals surface area contributed by atoms with Gasteiger partial charge in [0, 0.05) is 23.8 Å². The number of carbonyl (C=O) groups excluding carboxylic acids is 2. The summed E-state index contributed by atoms with van der Waals surface area (Å²) < 4.78 is 12.8. The van der Waals surface area contributed by atoms with Gasteiger partial charge in [-0.1, -0.05) is 6.92 Å². The predicted molar refractivity (Wildman–Crippen MR) is 80.1 cm³/mol. The molecule has 2 heterocycles. The molecule has 1 saturated heterocycles. The van der Waals surface area contributed by atoms with Crippen molar-refractivity contribution < 1.29 is 19.1 Å². The van der Waals surface area contributed by atoms with Crippen LogP contribution in [0.5, 0.6) is 0 Å². The lowest BCUT2D eigenvalue weighted by Gasteiger charge is -2.33. The molecule has 0 bridgehead atoms. The van der Waals surface area contributed by atoms with Gasteiger partial charge in [0.05, 0.1) is 20.3 Å². The zero-order chi connectivity index (χ0) is 15.4. The van der Waals surface area contributed by atoms with E-state index in [2.05, 4.69) is 15.9 Å². The molecule has 116 valence electrons. The Balaban J connectivity index is 2.26. The molecule has 1 fully saturated rings. The van der Waals surface area contributed by atoms with Crippen LogP contribution >= 0.6 is 15.9 Å². The molecule has 1 unspecified atom stereocenters. The first-order valence-corrected chi connectivity index (χ1v) is 7.70. The van der Waals surface area contributed by atoms with E-state index >= 15 is 0 Å². The molecule has 6 nitrogen and oxygen atoms in total. The molecule has 0 N–H and O–H groups in total. The minimum atomic E-state index is -0.681. The third-order valence-corrected chi connectivity index (χ3v) is 3.84. The SMILES string of the molecule is CCCn1cc(Br)cc1C(=O)N1CCOCC1C(=O)OC. The quantitative estimate of drug-likeness (QED) is 0.768. The lowest BCUT2D eigenvalue weighted by molar-refractivity contribution is -0.151. The lowest BCUT2D eigenvalue weighted by Crippen LogP contribution is -2.53. The Morgan fingerprint density at radius 3 is 2.95 bits per heavy atom. The first-order valence-electron chi connectivity index (χ1n) is 6.90. The van der Waals surface area contributed by atoms with Crippen molar-refractivity contribution in [1.82, 2.24) is 9.47 Å². The van der Waals surface area contributed by atoms with Crippen molar-refractivity contribution in [3.63, 3.8) is 0 Å². The monoisotopic (exact) mass is 358 g/mol. The van der Waals surface area contributed by atoms with Gasteiger partial charge >= 0.3 is 5.97 Å². The summed E-state index contributed by atoms with van der Waals surface area (Å²) in [4.78, 5) is 26.1. The molecule has 0 radical (unpaired) electrons. The van der Waals surface area contributed by atoms with E-state index in [-0.39, 0.29) is 12.5 Å². The van der Waals surface area contributed by atoms with E-state index in [1.54, 1.807) is 6.07 Å². The molecule has 1 aromatic heterocycles. The van der Waals surface area contributed by atoms with Gasteiger partial charge in [-0.2, -0.15) is 0 Å². The second kappa shape index (κ2) is 7.09. The van der Waals surface area contributed by atoms with Gasteiger partial charge in [0.2, 0.25) is 0 Å². The van der Waals surface area contributed by atoms with Gasteiger partial charge in [-0.25, -0.2) is 4.79 Å². The first kappa shape index (κ1) is 16.0. The molecule has 0 spiro atoms. The molecule has 1 atom stereocenters. The highest BCUT2D eigenvalue weighted by Crippen LogP contribution is 2.20. The van der Waals surface area contributed by atoms with Crippen LogP contribution in [-0.2, 0) is 20.8 Å².